The van der Waals surface area contributed by atoms with Crippen molar-refractivity contribution in [3.05, 3.63) is 66.1 Å². The van der Waals surface area contributed by atoms with Crippen LogP contribution in [0.3, 0.4) is 0 Å². The maximum atomic E-state index is 8.93. The molecule has 6 rings (SSSR count). The minimum absolute atomic E-state index is 0.159. The van der Waals surface area contributed by atoms with Gasteiger partial charge in [-0.15, -0.1) is 11.8 Å². The minimum Gasteiger partial charge on any atom is -0.491 e. The molecule has 4 N–H and O–H groups in total. The maximum absolute atomic E-state index is 8.93. The van der Waals surface area contributed by atoms with Gasteiger partial charge in [-0.2, -0.15) is 0 Å². The smallest absolute Gasteiger partial charge is 0.327 e. The normalized spacial score (nSPS) is 15.5. The lowest BCUT2D eigenvalue weighted by Gasteiger charge is -2.15. The molecule has 198 valence electrons. The first-order valence-electron chi connectivity index (χ1n) is 12.8. The highest BCUT2D eigenvalue weighted by Crippen LogP contribution is 2.42. The molecule has 1 saturated carbocycles. The summed E-state index contributed by atoms with van der Waals surface area (Å²) in [6.45, 7) is 4.27. The number of benzene rings is 2. The number of hydrogen-bond donors (Lipinski definition) is 4. The summed E-state index contributed by atoms with van der Waals surface area (Å²) < 4.78 is 11.2. The van der Waals surface area contributed by atoms with Gasteiger partial charge in [0.05, 0.1) is 31.1 Å². The molecule has 2 aromatic carbocycles. The summed E-state index contributed by atoms with van der Waals surface area (Å²) in [5.74, 6) is 0.825. The number of nitrogens with zero attached hydrogens (tertiary/aromatic N) is 2. The number of thioether (sulfide) groups is 1. The van der Waals surface area contributed by atoms with Crippen molar-refractivity contribution in [2.75, 3.05) is 26.4 Å². The van der Waals surface area contributed by atoms with Crippen molar-refractivity contribution in [1.82, 2.24) is 20.2 Å². The number of rotatable bonds is 11. The second kappa shape index (κ2) is 11.1. The van der Waals surface area contributed by atoms with E-state index < -0.39 is 8.60 Å². The number of aryl methyl sites for hydroxylation is 1. The van der Waals surface area contributed by atoms with E-state index in [0.717, 1.165) is 57.2 Å². The second-order valence-electron chi connectivity index (χ2n) is 9.77. The van der Waals surface area contributed by atoms with Gasteiger partial charge in [-0.05, 0) is 73.2 Å². The van der Waals surface area contributed by atoms with Gasteiger partial charge in [-0.3, -0.25) is 0 Å². The highest BCUT2D eigenvalue weighted by Gasteiger charge is 2.23. The number of H-pyrrole nitrogens is 1. The third kappa shape index (κ3) is 5.77. The van der Waals surface area contributed by atoms with Crippen molar-refractivity contribution in [3.8, 4) is 16.9 Å². The van der Waals surface area contributed by atoms with E-state index in [1.54, 1.807) is 0 Å². The Balaban J connectivity index is 1.22. The van der Waals surface area contributed by atoms with Crippen LogP contribution in [0.1, 0.15) is 24.8 Å². The minimum atomic E-state index is -2.34. The molecule has 0 spiro atoms. The number of aromatic amines is 1. The molecule has 1 aliphatic heterocycles. The van der Waals surface area contributed by atoms with E-state index in [4.69, 9.17) is 19.0 Å². The topological polar surface area (TPSA) is 103 Å². The van der Waals surface area contributed by atoms with Crippen LogP contribution in [0, 0.1) is 6.92 Å². The van der Waals surface area contributed by atoms with Gasteiger partial charge in [0, 0.05) is 39.9 Å². The fourth-order valence-corrected chi connectivity index (χ4v) is 6.13. The first kappa shape index (κ1) is 25.5. The Hall–Kier alpha value is -2.81. The van der Waals surface area contributed by atoms with Gasteiger partial charge in [0.25, 0.3) is 0 Å². The monoisotopic (exact) mass is 550 g/mol. The van der Waals surface area contributed by atoms with Gasteiger partial charge >= 0.3 is 8.60 Å². The fraction of sp³-hybridized carbons (Fsp3) is 0.321. The summed E-state index contributed by atoms with van der Waals surface area (Å²) in [5, 5.41) is 6.22. The van der Waals surface area contributed by atoms with Crippen LogP contribution in [-0.2, 0) is 4.52 Å². The van der Waals surface area contributed by atoms with Gasteiger partial charge in [0.15, 0.2) is 0 Å². The molecule has 4 aromatic rings. The van der Waals surface area contributed by atoms with Crippen molar-refractivity contribution in [1.29, 1.82) is 0 Å². The van der Waals surface area contributed by atoms with E-state index in [1.165, 1.54) is 28.9 Å². The van der Waals surface area contributed by atoms with Crippen LogP contribution < -0.4 is 10.1 Å². The third-order valence-corrected chi connectivity index (χ3v) is 8.40. The summed E-state index contributed by atoms with van der Waals surface area (Å²) in [6.07, 6.45) is 7.30. The van der Waals surface area contributed by atoms with Gasteiger partial charge in [-0.25, -0.2) is 4.98 Å². The molecule has 2 aliphatic rings. The molecule has 3 heterocycles. The summed E-state index contributed by atoms with van der Waals surface area (Å²) in [7, 11) is -2.34. The summed E-state index contributed by atoms with van der Waals surface area (Å²) >= 11 is 1.98. The summed E-state index contributed by atoms with van der Waals surface area (Å²) in [5.41, 5.74) is 6.19. The SMILES string of the molecule is Cc1cnc2[nH]c3c(OCCCN4C=C(COP(O)O)NC4)ccc(-c4cccc(SC5CC5)c4)c3c2c1. The maximum Gasteiger partial charge on any atom is 0.327 e. The molecule has 38 heavy (non-hydrogen) atoms. The van der Waals surface area contributed by atoms with Gasteiger partial charge in [0.2, 0.25) is 0 Å². The van der Waals surface area contributed by atoms with Gasteiger partial charge < -0.3 is 34.2 Å². The van der Waals surface area contributed by atoms with Crippen LogP contribution in [0.5, 0.6) is 5.75 Å². The molecule has 0 amide bonds. The number of aromatic nitrogens is 2. The lowest BCUT2D eigenvalue weighted by molar-refractivity contribution is 0.272. The molecule has 0 saturated heterocycles. The standard InChI is InChI=1S/C28H31N4O4PS/c1-18-12-24-26-23(19-4-2-5-22(13-19)38-21-6-7-21)8-9-25(27(26)31-28(24)29-14-18)35-11-3-10-32-15-20(30-17-32)16-36-37(33)34/h2,4-5,8-9,12-15,21,30,33-34H,3,6-7,10-11,16-17H2,1H3,(H,29,31). The molecule has 1 aliphatic carbocycles. The fourth-order valence-electron chi connectivity index (χ4n) is 4.77. The van der Waals surface area contributed by atoms with E-state index in [1.807, 2.05) is 24.2 Å². The Labute approximate surface area is 227 Å². The predicted octanol–water partition coefficient (Wildman–Crippen LogP) is 5.65. The lowest BCUT2D eigenvalue weighted by atomic mass is 9.99. The molecular weight excluding hydrogens is 519 g/mol. The van der Waals surface area contributed by atoms with Crippen molar-refractivity contribution in [3.63, 3.8) is 0 Å². The van der Waals surface area contributed by atoms with Gasteiger partial charge in [0.1, 0.15) is 11.4 Å². The van der Waals surface area contributed by atoms with E-state index in [0.29, 0.717) is 13.3 Å². The first-order chi connectivity index (χ1) is 18.5. The van der Waals surface area contributed by atoms with Crippen LogP contribution in [0.15, 0.2) is 65.5 Å². The van der Waals surface area contributed by atoms with Crippen LogP contribution >= 0.6 is 20.4 Å². The van der Waals surface area contributed by atoms with Crippen LogP contribution in [0.2, 0.25) is 0 Å². The Kier molecular flexibility index (Phi) is 7.45. The molecule has 0 radical (unpaired) electrons. The third-order valence-electron chi connectivity index (χ3n) is 6.71. The Morgan fingerprint density at radius 1 is 1.18 bits per heavy atom. The lowest BCUT2D eigenvalue weighted by Crippen LogP contribution is -2.23. The Morgan fingerprint density at radius 3 is 2.92 bits per heavy atom. The largest absolute Gasteiger partial charge is 0.491 e. The number of ether oxygens (including phenoxy) is 1. The Bertz CT molecular complexity index is 1490. The van der Waals surface area contributed by atoms with Crippen molar-refractivity contribution in [2.45, 2.75) is 36.3 Å². The average Bonchev–Trinajstić information content (AvgIpc) is 3.47. The molecule has 0 atom stereocenters. The van der Waals surface area contributed by atoms with E-state index in [2.05, 4.69) is 69.6 Å². The number of pyridine rings is 1. The zero-order chi connectivity index (χ0) is 26.1. The zero-order valence-corrected chi connectivity index (χ0v) is 22.9. The summed E-state index contributed by atoms with van der Waals surface area (Å²) in [6, 6.07) is 15.3. The molecule has 0 unspecified atom stereocenters. The van der Waals surface area contributed by atoms with Crippen LogP contribution in [0.25, 0.3) is 33.1 Å². The quantitative estimate of drug-likeness (QED) is 0.140. The van der Waals surface area contributed by atoms with Gasteiger partial charge in [-0.1, -0.05) is 12.1 Å². The van der Waals surface area contributed by atoms with Crippen molar-refractivity contribution >= 4 is 42.3 Å². The number of hydrogen-bond acceptors (Lipinski definition) is 8. The average molecular weight is 551 g/mol. The van der Waals surface area contributed by atoms with Crippen LogP contribution in [0.4, 0.5) is 0 Å². The van der Waals surface area contributed by atoms with E-state index >= 15 is 0 Å². The number of nitrogens with one attached hydrogen (secondary N) is 2. The second-order valence-corrected chi connectivity index (χ2v) is 11.9. The molecule has 8 nitrogen and oxygen atoms in total. The first-order valence-corrected chi connectivity index (χ1v) is 14.9. The molecule has 0 bridgehead atoms. The molecule has 1 fully saturated rings. The van der Waals surface area contributed by atoms with E-state index in [-0.39, 0.29) is 6.61 Å². The predicted molar refractivity (Wildman–Crippen MR) is 153 cm³/mol. The zero-order valence-electron chi connectivity index (χ0n) is 21.2. The molecule has 2 aromatic heterocycles. The van der Waals surface area contributed by atoms with E-state index in [9.17, 15) is 0 Å². The summed E-state index contributed by atoms with van der Waals surface area (Å²) in [4.78, 5) is 29.5. The van der Waals surface area contributed by atoms with Crippen molar-refractivity contribution < 1.29 is 19.0 Å². The van der Waals surface area contributed by atoms with Crippen LogP contribution in [-0.4, -0.2) is 56.3 Å². The molecular formula is C28H31N4O4PS. The highest BCUT2D eigenvalue weighted by atomic mass is 32.2. The Morgan fingerprint density at radius 2 is 2.08 bits per heavy atom. The van der Waals surface area contributed by atoms with Crippen molar-refractivity contribution in [2.24, 2.45) is 0 Å². The molecule has 10 heteroatoms. The number of fused-ring (bicyclic) bond motifs is 3. The highest BCUT2D eigenvalue weighted by molar-refractivity contribution is 8.00.